The third kappa shape index (κ3) is 4.37. The van der Waals surface area contributed by atoms with Crippen LogP contribution in [-0.2, 0) is 24.4 Å². The molecule has 178 valence electrons. The molecule has 0 radical (unpaired) electrons. The average Bonchev–Trinajstić information content (AvgIpc) is 3.52. The molecule has 1 aliphatic rings. The van der Waals surface area contributed by atoms with E-state index >= 15 is 0 Å². The summed E-state index contributed by atoms with van der Waals surface area (Å²) >= 11 is 1.55. The molecule has 0 spiro atoms. The third-order valence-corrected chi connectivity index (χ3v) is 7.41. The van der Waals surface area contributed by atoms with Crippen molar-refractivity contribution in [2.24, 2.45) is 0 Å². The number of hydrogen-bond donors (Lipinski definition) is 1. The van der Waals surface area contributed by atoms with Crippen LogP contribution >= 0.6 is 11.3 Å². The molecule has 2 amide bonds. The van der Waals surface area contributed by atoms with E-state index in [4.69, 9.17) is 0 Å². The molecule has 0 aliphatic carbocycles. The summed E-state index contributed by atoms with van der Waals surface area (Å²) in [6, 6.07) is 19.5. The molecule has 2 aromatic heterocycles. The smallest absolute Gasteiger partial charge is 0.273 e. The van der Waals surface area contributed by atoms with Crippen LogP contribution in [-0.4, -0.2) is 32.0 Å². The van der Waals surface area contributed by atoms with Crippen LogP contribution in [0.15, 0.2) is 72.1 Å². The number of rotatable bonds is 6. The average molecular weight is 489 g/mol. The molecule has 1 N–H and O–H groups in total. The number of halogens is 1. The van der Waals surface area contributed by atoms with Crippen molar-refractivity contribution in [3.8, 4) is 10.6 Å². The van der Waals surface area contributed by atoms with E-state index in [0.717, 1.165) is 27.3 Å². The van der Waals surface area contributed by atoms with Gasteiger partial charge in [0.2, 0.25) is 5.91 Å². The first kappa shape index (κ1) is 23.0. The van der Waals surface area contributed by atoms with Crippen molar-refractivity contribution in [1.82, 2.24) is 20.0 Å². The number of carbonyl (C=O) groups excluding carboxylic acids is 2. The van der Waals surface area contributed by atoms with Crippen molar-refractivity contribution in [3.63, 3.8) is 0 Å². The van der Waals surface area contributed by atoms with Gasteiger partial charge in [0.05, 0.1) is 11.4 Å². The number of aromatic nitrogens is 2. The second kappa shape index (κ2) is 9.11. The highest BCUT2D eigenvalue weighted by atomic mass is 32.1. The SMILES string of the molecule is Cc1ccccc1CN1C(=O)c2cc(-c3cccs3)nn2C[C@@]1(C)C(=O)NCc1ccc(F)cc1. The van der Waals surface area contributed by atoms with Gasteiger partial charge in [0, 0.05) is 13.1 Å². The summed E-state index contributed by atoms with van der Waals surface area (Å²) in [5.74, 6) is -0.862. The lowest BCUT2D eigenvalue weighted by atomic mass is 9.93. The normalized spacial score (nSPS) is 17.3. The number of nitrogens with zero attached hydrogens (tertiary/aromatic N) is 3. The number of thiophene rings is 1. The fourth-order valence-electron chi connectivity index (χ4n) is 4.37. The number of aryl methyl sites for hydroxylation is 1. The van der Waals surface area contributed by atoms with Crippen LogP contribution in [0.25, 0.3) is 10.6 Å². The van der Waals surface area contributed by atoms with Gasteiger partial charge in [-0.1, -0.05) is 42.5 Å². The first-order chi connectivity index (χ1) is 16.8. The van der Waals surface area contributed by atoms with Crippen molar-refractivity contribution in [2.45, 2.75) is 39.0 Å². The Morgan fingerprint density at radius 2 is 1.91 bits per heavy atom. The van der Waals surface area contributed by atoms with Gasteiger partial charge in [0.1, 0.15) is 22.7 Å². The highest BCUT2D eigenvalue weighted by molar-refractivity contribution is 7.13. The summed E-state index contributed by atoms with van der Waals surface area (Å²) in [6.07, 6.45) is 0. The van der Waals surface area contributed by atoms with E-state index < -0.39 is 5.54 Å². The van der Waals surface area contributed by atoms with Crippen LogP contribution in [0.4, 0.5) is 4.39 Å². The van der Waals surface area contributed by atoms with Gasteiger partial charge in [-0.3, -0.25) is 14.3 Å². The summed E-state index contributed by atoms with van der Waals surface area (Å²) < 4.78 is 14.9. The standard InChI is InChI=1S/C27H25FN4O2S/c1-18-6-3-4-7-20(18)16-31-25(33)23-14-22(24-8-5-13-35-24)30-32(23)17-27(31,2)26(34)29-15-19-9-11-21(28)12-10-19/h3-14H,15-17H2,1-2H3,(H,29,34)/t27-/m0/s1. The third-order valence-electron chi connectivity index (χ3n) is 6.52. The first-order valence-electron chi connectivity index (χ1n) is 11.4. The summed E-state index contributed by atoms with van der Waals surface area (Å²) in [5, 5.41) is 9.58. The molecule has 8 heteroatoms. The van der Waals surface area contributed by atoms with Crippen molar-refractivity contribution in [1.29, 1.82) is 0 Å². The Morgan fingerprint density at radius 1 is 1.14 bits per heavy atom. The van der Waals surface area contributed by atoms with E-state index in [1.807, 2.05) is 48.7 Å². The van der Waals surface area contributed by atoms with Crippen LogP contribution in [0.5, 0.6) is 0 Å². The molecule has 35 heavy (non-hydrogen) atoms. The van der Waals surface area contributed by atoms with Gasteiger partial charge in [-0.25, -0.2) is 4.39 Å². The molecule has 2 aromatic carbocycles. The number of carbonyl (C=O) groups is 2. The Labute approximate surface area is 207 Å². The molecule has 1 atom stereocenters. The molecular formula is C27H25FN4O2S. The van der Waals surface area contributed by atoms with Gasteiger partial charge >= 0.3 is 0 Å². The maximum atomic E-state index is 13.8. The van der Waals surface area contributed by atoms with E-state index in [2.05, 4.69) is 10.4 Å². The second-order valence-electron chi connectivity index (χ2n) is 8.95. The predicted octanol–water partition coefficient (Wildman–Crippen LogP) is 4.79. The fraction of sp³-hybridized carbons (Fsp3) is 0.222. The lowest BCUT2D eigenvalue weighted by molar-refractivity contribution is -0.133. The van der Waals surface area contributed by atoms with Gasteiger partial charge < -0.3 is 10.2 Å². The topological polar surface area (TPSA) is 67.2 Å². The maximum Gasteiger partial charge on any atom is 0.273 e. The Hall–Kier alpha value is -3.78. The van der Waals surface area contributed by atoms with Crippen molar-refractivity contribution >= 4 is 23.2 Å². The Bertz CT molecular complexity index is 1380. The number of hydrogen-bond acceptors (Lipinski definition) is 4. The Balaban J connectivity index is 1.49. The van der Waals surface area contributed by atoms with Gasteiger partial charge in [0.25, 0.3) is 5.91 Å². The van der Waals surface area contributed by atoms with E-state index in [9.17, 15) is 14.0 Å². The largest absolute Gasteiger partial charge is 0.350 e. The number of benzene rings is 2. The first-order valence-corrected chi connectivity index (χ1v) is 12.2. The van der Waals surface area contributed by atoms with Crippen LogP contribution in [0.1, 0.15) is 34.1 Å². The van der Waals surface area contributed by atoms with E-state index in [1.54, 1.807) is 46.0 Å². The minimum Gasteiger partial charge on any atom is -0.350 e. The van der Waals surface area contributed by atoms with Crippen LogP contribution < -0.4 is 5.32 Å². The molecule has 0 saturated heterocycles. The molecule has 0 saturated carbocycles. The van der Waals surface area contributed by atoms with E-state index in [0.29, 0.717) is 12.2 Å². The lowest BCUT2D eigenvalue weighted by Gasteiger charge is -2.43. The van der Waals surface area contributed by atoms with Gasteiger partial charge in [0.15, 0.2) is 0 Å². The van der Waals surface area contributed by atoms with Crippen LogP contribution in [0.3, 0.4) is 0 Å². The zero-order chi connectivity index (χ0) is 24.6. The Kier molecular flexibility index (Phi) is 5.98. The van der Waals surface area contributed by atoms with Crippen molar-refractivity contribution < 1.29 is 14.0 Å². The number of amides is 2. The zero-order valence-corrected chi connectivity index (χ0v) is 20.3. The van der Waals surface area contributed by atoms with Crippen molar-refractivity contribution in [2.75, 3.05) is 0 Å². The predicted molar refractivity (Wildman–Crippen MR) is 133 cm³/mol. The van der Waals surface area contributed by atoms with Gasteiger partial charge in [-0.2, -0.15) is 5.10 Å². The molecule has 0 bridgehead atoms. The Morgan fingerprint density at radius 3 is 2.63 bits per heavy atom. The zero-order valence-electron chi connectivity index (χ0n) is 19.5. The highest BCUT2D eigenvalue weighted by Crippen LogP contribution is 2.33. The summed E-state index contributed by atoms with van der Waals surface area (Å²) in [4.78, 5) is 30.0. The summed E-state index contributed by atoms with van der Waals surface area (Å²) in [7, 11) is 0. The number of nitrogens with one attached hydrogen (secondary N) is 1. The minimum absolute atomic E-state index is 0.223. The molecule has 0 unspecified atom stereocenters. The molecule has 0 fully saturated rings. The van der Waals surface area contributed by atoms with Crippen LogP contribution in [0, 0.1) is 12.7 Å². The van der Waals surface area contributed by atoms with Gasteiger partial charge in [-0.15, -0.1) is 11.3 Å². The second-order valence-corrected chi connectivity index (χ2v) is 9.90. The highest BCUT2D eigenvalue weighted by Gasteiger charge is 2.48. The monoisotopic (exact) mass is 488 g/mol. The number of fused-ring (bicyclic) bond motifs is 1. The fourth-order valence-corrected chi connectivity index (χ4v) is 5.05. The van der Waals surface area contributed by atoms with Gasteiger partial charge in [-0.05, 0) is 60.2 Å². The molecule has 1 aliphatic heterocycles. The molecular weight excluding hydrogens is 463 g/mol. The molecule has 3 heterocycles. The van der Waals surface area contributed by atoms with Crippen LogP contribution in [0.2, 0.25) is 0 Å². The van der Waals surface area contributed by atoms with E-state index in [1.165, 1.54) is 12.1 Å². The lowest BCUT2D eigenvalue weighted by Crippen LogP contribution is -2.63. The molecule has 4 aromatic rings. The minimum atomic E-state index is -1.18. The summed E-state index contributed by atoms with van der Waals surface area (Å²) in [5.41, 5.74) is 2.81. The maximum absolute atomic E-state index is 13.8. The van der Waals surface area contributed by atoms with E-state index in [-0.39, 0.29) is 30.7 Å². The molecule has 5 rings (SSSR count). The summed E-state index contributed by atoms with van der Waals surface area (Å²) in [6.45, 7) is 4.52. The quantitative estimate of drug-likeness (QED) is 0.424. The van der Waals surface area contributed by atoms with Crippen molar-refractivity contribution in [3.05, 3.63) is 100 Å². The molecule has 6 nitrogen and oxygen atoms in total.